The molecule has 0 radical (unpaired) electrons. The Morgan fingerprint density at radius 3 is 2.23 bits per heavy atom. The first-order valence-electron chi connectivity index (χ1n) is 9.90. The molecule has 3 aromatic carbocycles. The minimum atomic E-state index is -0.373. The largest absolute Gasteiger partial charge is 0.497 e. The zero-order chi connectivity index (χ0) is 21.3. The van der Waals surface area contributed by atoms with E-state index in [0.29, 0.717) is 12.2 Å². The molecule has 1 atom stereocenters. The fourth-order valence-electron chi connectivity index (χ4n) is 2.97. The Balaban J connectivity index is 1.63. The van der Waals surface area contributed by atoms with Crippen LogP contribution in [0, 0.1) is 0 Å². The second-order valence-electron chi connectivity index (χ2n) is 6.81. The Bertz CT molecular complexity index is 988. The molecule has 3 rings (SSSR count). The Morgan fingerprint density at radius 2 is 1.60 bits per heavy atom. The normalized spacial score (nSPS) is 11.8. The van der Waals surface area contributed by atoms with Gasteiger partial charge in [-0.15, -0.1) is 0 Å². The number of ether oxygens (including phenoxy) is 3. The quantitative estimate of drug-likeness (QED) is 0.331. The van der Waals surface area contributed by atoms with E-state index in [1.165, 1.54) is 0 Å². The molecule has 30 heavy (non-hydrogen) atoms. The van der Waals surface area contributed by atoms with Gasteiger partial charge in [-0.2, -0.15) is 0 Å². The van der Waals surface area contributed by atoms with Crippen molar-refractivity contribution >= 4 is 5.97 Å². The first-order valence-corrected chi connectivity index (χ1v) is 9.90. The van der Waals surface area contributed by atoms with Gasteiger partial charge in [-0.1, -0.05) is 48.6 Å². The number of methoxy groups -OCH3 is 1. The lowest BCUT2D eigenvalue weighted by Crippen LogP contribution is -2.09. The summed E-state index contributed by atoms with van der Waals surface area (Å²) in [4.78, 5) is 12.5. The first kappa shape index (κ1) is 21.2. The Hall–Kier alpha value is -3.53. The Kier molecular flexibility index (Phi) is 7.28. The molecule has 0 aliphatic heterocycles. The van der Waals surface area contributed by atoms with Crippen molar-refractivity contribution in [2.24, 2.45) is 0 Å². The third-order valence-electron chi connectivity index (χ3n) is 4.74. The Morgan fingerprint density at radius 1 is 0.933 bits per heavy atom. The summed E-state index contributed by atoms with van der Waals surface area (Å²) in [6, 6.07) is 22.8. The highest BCUT2D eigenvalue weighted by Crippen LogP contribution is 2.25. The molecule has 0 aromatic heterocycles. The molecule has 0 spiro atoms. The molecule has 0 bridgehead atoms. The van der Waals surface area contributed by atoms with Gasteiger partial charge in [0.05, 0.1) is 12.7 Å². The van der Waals surface area contributed by atoms with Gasteiger partial charge < -0.3 is 14.2 Å². The maximum absolute atomic E-state index is 12.5. The number of esters is 1. The highest BCUT2D eigenvalue weighted by molar-refractivity contribution is 5.90. The molecule has 3 aromatic rings. The van der Waals surface area contributed by atoms with E-state index in [4.69, 9.17) is 14.2 Å². The maximum atomic E-state index is 12.5. The predicted molar refractivity (Wildman–Crippen MR) is 119 cm³/mol. The van der Waals surface area contributed by atoms with Crippen LogP contribution in [0.5, 0.6) is 11.5 Å². The molecule has 154 valence electrons. The number of carbonyl (C=O) groups excluding carboxylic acids is 1. The topological polar surface area (TPSA) is 44.8 Å². The molecule has 0 N–H and O–H groups in total. The van der Waals surface area contributed by atoms with Gasteiger partial charge in [0.2, 0.25) is 0 Å². The molecule has 0 amide bonds. The van der Waals surface area contributed by atoms with Crippen molar-refractivity contribution in [1.29, 1.82) is 0 Å². The van der Waals surface area contributed by atoms with Gasteiger partial charge in [0, 0.05) is 0 Å². The van der Waals surface area contributed by atoms with Crippen molar-refractivity contribution in [3.63, 3.8) is 0 Å². The van der Waals surface area contributed by atoms with Crippen LogP contribution in [0.1, 0.15) is 35.9 Å². The average molecular weight is 402 g/mol. The van der Waals surface area contributed by atoms with Crippen molar-refractivity contribution in [2.75, 3.05) is 13.7 Å². The van der Waals surface area contributed by atoms with E-state index in [-0.39, 0.29) is 12.1 Å². The van der Waals surface area contributed by atoms with Crippen molar-refractivity contribution in [2.45, 2.75) is 20.0 Å². The summed E-state index contributed by atoms with van der Waals surface area (Å²) in [5.74, 6) is 1.20. The van der Waals surface area contributed by atoms with Gasteiger partial charge in [-0.05, 0) is 66.9 Å². The van der Waals surface area contributed by atoms with Crippen molar-refractivity contribution < 1.29 is 19.0 Å². The first-order chi connectivity index (χ1) is 14.6. The molecule has 4 nitrogen and oxygen atoms in total. The summed E-state index contributed by atoms with van der Waals surface area (Å²) in [7, 11) is 1.61. The smallest absolute Gasteiger partial charge is 0.338 e. The summed E-state index contributed by atoms with van der Waals surface area (Å²) in [6.45, 7) is 4.37. The molecular weight excluding hydrogens is 376 g/mol. The summed E-state index contributed by atoms with van der Waals surface area (Å²) >= 11 is 0. The van der Waals surface area contributed by atoms with E-state index < -0.39 is 0 Å². The zero-order valence-corrected chi connectivity index (χ0v) is 17.5. The summed E-state index contributed by atoms with van der Waals surface area (Å²) in [6.07, 6.45) is 3.54. The molecule has 1 unspecified atom stereocenters. The van der Waals surface area contributed by atoms with Gasteiger partial charge >= 0.3 is 5.97 Å². The second-order valence-corrected chi connectivity index (χ2v) is 6.81. The highest BCUT2D eigenvalue weighted by Gasteiger charge is 2.14. The van der Waals surface area contributed by atoms with Crippen LogP contribution in [0.4, 0.5) is 0 Å². The van der Waals surface area contributed by atoms with Crippen molar-refractivity contribution in [1.82, 2.24) is 0 Å². The molecule has 0 aliphatic rings. The van der Waals surface area contributed by atoms with E-state index in [1.54, 1.807) is 19.2 Å². The van der Waals surface area contributed by atoms with E-state index >= 15 is 0 Å². The van der Waals surface area contributed by atoms with Gasteiger partial charge in [0.1, 0.15) is 24.2 Å². The monoisotopic (exact) mass is 402 g/mol. The number of hydrogen-bond acceptors (Lipinski definition) is 4. The van der Waals surface area contributed by atoms with Crippen LogP contribution in [0.15, 0.2) is 84.9 Å². The van der Waals surface area contributed by atoms with E-state index in [0.717, 1.165) is 28.2 Å². The fraction of sp³-hybridized carbons (Fsp3) is 0.192. The number of carbonyl (C=O) groups is 1. The maximum Gasteiger partial charge on any atom is 0.338 e. The molecule has 0 saturated heterocycles. The minimum Gasteiger partial charge on any atom is -0.497 e. The highest BCUT2D eigenvalue weighted by atomic mass is 16.5. The predicted octanol–water partition coefficient (Wildman–Crippen LogP) is 6.24. The van der Waals surface area contributed by atoms with Crippen molar-refractivity contribution in [3.05, 3.63) is 96.1 Å². The number of benzene rings is 3. The number of rotatable bonds is 8. The second kappa shape index (κ2) is 10.3. The standard InChI is InChI=1S/C26H26O4/c1-4-5-17-29-24-15-13-21(14-16-24)20-9-11-22(12-10-20)26(27)30-19(2)23-7-6-8-25(18-23)28-3/h4-16,18-19H,17H2,1-3H3/b5-4+. The van der Waals surface area contributed by atoms with Crippen LogP contribution >= 0.6 is 0 Å². The molecule has 4 heteroatoms. The van der Waals surface area contributed by atoms with Crippen LogP contribution in [-0.4, -0.2) is 19.7 Å². The summed E-state index contributed by atoms with van der Waals surface area (Å²) in [5, 5.41) is 0. The van der Waals surface area contributed by atoms with Crippen LogP contribution in [0.2, 0.25) is 0 Å². The van der Waals surface area contributed by atoms with Gasteiger partial charge in [0.15, 0.2) is 0 Å². The fourth-order valence-corrected chi connectivity index (χ4v) is 2.97. The van der Waals surface area contributed by atoms with E-state index in [2.05, 4.69) is 0 Å². The zero-order valence-electron chi connectivity index (χ0n) is 17.5. The van der Waals surface area contributed by atoms with Gasteiger partial charge in [0.25, 0.3) is 0 Å². The third-order valence-corrected chi connectivity index (χ3v) is 4.74. The number of hydrogen-bond donors (Lipinski definition) is 0. The molecule has 0 heterocycles. The lowest BCUT2D eigenvalue weighted by atomic mass is 10.0. The minimum absolute atomic E-state index is 0.357. The third kappa shape index (κ3) is 5.51. The SMILES string of the molecule is C/C=C/COc1ccc(-c2ccc(C(=O)OC(C)c3cccc(OC)c3)cc2)cc1. The molecule has 0 fully saturated rings. The van der Waals surface area contributed by atoms with Crippen LogP contribution < -0.4 is 9.47 Å². The summed E-state index contributed by atoms with van der Waals surface area (Å²) in [5.41, 5.74) is 3.47. The lowest BCUT2D eigenvalue weighted by molar-refractivity contribution is 0.0337. The van der Waals surface area contributed by atoms with Gasteiger partial charge in [-0.3, -0.25) is 0 Å². The van der Waals surface area contributed by atoms with Crippen LogP contribution in [0.3, 0.4) is 0 Å². The average Bonchev–Trinajstić information content (AvgIpc) is 2.80. The molecular formula is C26H26O4. The molecule has 0 saturated carbocycles. The Labute approximate surface area is 177 Å². The van der Waals surface area contributed by atoms with Crippen LogP contribution in [0.25, 0.3) is 11.1 Å². The van der Waals surface area contributed by atoms with E-state index in [9.17, 15) is 4.79 Å². The lowest BCUT2D eigenvalue weighted by Gasteiger charge is -2.14. The van der Waals surface area contributed by atoms with Gasteiger partial charge in [-0.25, -0.2) is 4.79 Å². The van der Waals surface area contributed by atoms with Crippen molar-refractivity contribution in [3.8, 4) is 22.6 Å². The summed E-state index contributed by atoms with van der Waals surface area (Å²) < 4.78 is 16.5. The number of allylic oxidation sites excluding steroid dienone is 1. The van der Waals surface area contributed by atoms with Crippen LogP contribution in [-0.2, 0) is 4.74 Å². The van der Waals surface area contributed by atoms with E-state index in [1.807, 2.05) is 86.7 Å². The molecule has 0 aliphatic carbocycles.